The Morgan fingerprint density at radius 3 is 2.89 bits per heavy atom. The Hall–Kier alpha value is -0.120. The van der Waals surface area contributed by atoms with Crippen molar-refractivity contribution in [1.82, 2.24) is 0 Å². The van der Waals surface area contributed by atoms with E-state index in [1.54, 1.807) is 7.11 Å². The smallest absolute Gasteiger partial charge is 0.146 e. The van der Waals surface area contributed by atoms with E-state index < -0.39 is 0 Å². The minimum Gasteiger partial charge on any atom is -0.370 e. The lowest BCUT2D eigenvalue weighted by molar-refractivity contribution is -0.0725. The maximum Gasteiger partial charge on any atom is 0.146 e. The quantitative estimate of drug-likeness (QED) is 0.409. The molecule has 2 unspecified atom stereocenters. The summed E-state index contributed by atoms with van der Waals surface area (Å²) in [4.78, 5) is 0. The van der Waals surface area contributed by atoms with Crippen molar-refractivity contribution in [3.05, 3.63) is 0 Å². The fraction of sp³-hybridized carbons (Fsp3) is 1.00. The molecule has 1 saturated heterocycles. The summed E-state index contributed by atoms with van der Waals surface area (Å²) in [7, 11) is 1.61. The summed E-state index contributed by atoms with van der Waals surface area (Å²) < 4.78 is 14.9. The average Bonchev–Trinajstić information content (AvgIpc) is 2.63. The molecule has 0 aromatic heterocycles. The van der Waals surface area contributed by atoms with E-state index in [0.29, 0.717) is 12.9 Å². The molecule has 0 aromatic rings. The second-order valence-electron chi connectivity index (χ2n) is 2.15. The van der Waals surface area contributed by atoms with Crippen LogP contribution in [0.15, 0.2) is 0 Å². The van der Waals surface area contributed by atoms with Crippen molar-refractivity contribution < 1.29 is 14.2 Å². The summed E-state index contributed by atoms with van der Waals surface area (Å²) in [5.74, 6) is 0. The van der Waals surface area contributed by atoms with Crippen molar-refractivity contribution in [2.24, 2.45) is 0 Å². The summed E-state index contributed by atoms with van der Waals surface area (Å²) in [6.45, 7) is 3.18. The van der Waals surface area contributed by atoms with Gasteiger partial charge in [0.25, 0.3) is 0 Å². The van der Waals surface area contributed by atoms with Crippen LogP contribution in [0.25, 0.3) is 0 Å². The lowest BCUT2D eigenvalue weighted by Crippen LogP contribution is -2.16. The van der Waals surface area contributed by atoms with E-state index in [0.717, 1.165) is 6.61 Å². The summed E-state index contributed by atoms with van der Waals surface area (Å²) >= 11 is 0. The van der Waals surface area contributed by atoms with Crippen LogP contribution in [-0.2, 0) is 14.2 Å². The highest BCUT2D eigenvalue weighted by Gasteiger charge is 2.29. The van der Waals surface area contributed by atoms with Gasteiger partial charge in [0.15, 0.2) is 0 Å². The molecule has 0 aliphatic carbocycles. The molecular formula is C6H12O3. The van der Waals surface area contributed by atoms with Gasteiger partial charge in [0.1, 0.15) is 12.9 Å². The van der Waals surface area contributed by atoms with Crippen molar-refractivity contribution in [3.63, 3.8) is 0 Å². The molecule has 0 spiro atoms. The van der Waals surface area contributed by atoms with Crippen LogP contribution >= 0.6 is 0 Å². The summed E-state index contributed by atoms with van der Waals surface area (Å²) in [5, 5.41) is 0. The van der Waals surface area contributed by atoms with E-state index >= 15 is 0 Å². The Morgan fingerprint density at radius 2 is 2.44 bits per heavy atom. The molecule has 0 radical (unpaired) electrons. The Balaban J connectivity index is 1.96. The molecule has 0 saturated carbocycles. The molecule has 54 valence electrons. The first-order valence-corrected chi connectivity index (χ1v) is 3.06. The molecule has 2 atom stereocenters. The molecule has 1 rings (SSSR count). The molecule has 1 fully saturated rings. The van der Waals surface area contributed by atoms with Crippen molar-refractivity contribution in [3.8, 4) is 0 Å². The van der Waals surface area contributed by atoms with Gasteiger partial charge in [0.05, 0.1) is 12.7 Å². The van der Waals surface area contributed by atoms with E-state index in [-0.39, 0.29) is 6.10 Å². The van der Waals surface area contributed by atoms with Crippen molar-refractivity contribution in [2.45, 2.75) is 19.1 Å². The molecular weight excluding hydrogens is 120 g/mol. The van der Waals surface area contributed by atoms with Crippen LogP contribution in [0.4, 0.5) is 0 Å². The minimum atomic E-state index is 0.185. The van der Waals surface area contributed by atoms with Crippen LogP contribution in [0.2, 0.25) is 0 Å². The Kier molecular flexibility index (Phi) is 2.45. The standard InChI is InChI=1S/C6H12O3/c1-5(6-3-8-6)9-4-7-2/h5-6H,3-4H2,1-2H3. The number of epoxide rings is 1. The molecule has 0 amide bonds. The van der Waals surface area contributed by atoms with Gasteiger partial charge in [-0.05, 0) is 6.92 Å². The number of methoxy groups -OCH3 is 1. The molecule has 0 aromatic carbocycles. The summed E-state index contributed by atoms with van der Waals surface area (Å²) in [6.07, 6.45) is 0.505. The molecule has 3 heteroatoms. The predicted molar refractivity (Wildman–Crippen MR) is 32.2 cm³/mol. The fourth-order valence-electron chi connectivity index (χ4n) is 0.609. The topological polar surface area (TPSA) is 31.0 Å². The van der Waals surface area contributed by atoms with Gasteiger partial charge in [-0.1, -0.05) is 0 Å². The molecule has 0 bridgehead atoms. The van der Waals surface area contributed by atoms with Crippen molar-refractivity contribution in [2.75, 3.05) is 20.5 Å². The number of hydrogen-bond donors (Lipinski definition) is 0. The number of rotatable bonds is 4. The Labute approximate surface area is 54.9 Å². The average molecular weight is 132 g/mol. The van der Waals surface area contributed by atoms with E-state index in [4.69, 9.17) is 14.2 Å². The second-order valence-corrected chi connectivity index (χ2v) is 2.15. The molecule has 9 heavy (non-hydrogen) atoms. The van der Waals surface area contributed by atoms with Crippen molar-refractivity contribution >= 4 is 0 Å². The summed E-state index contributed by atoms with van der Waals surface area (Å²) in [6, 6.07) is 0. The maximum atomic E-state index is 5.17. The molecule has 0 N–H and O–H groups in total. The van der Waals surface area contributed by atoms with Crippen LogP contribution in [-0.4, -0.2) is 32.7 Å². The highest BCUT2D eigenvalue weighted by Crippen LogP contribution is 2.15. The molecule has 1 aliphatic rings. The van der Waals surface area contributed by atoms with Crippen LogP contribution < -0.4 is 0 Å². The minimum absolute atomic E-state index is 0.185. The third-order valence-corrected chi connectivity index (χ3v) is 1.33. The lowest BCUT2D eigenvalue weighted by atomic mass is 10.3. The van der Waals surface area contributed by atoms with Gasteiger partial charge in [0.2, 0.25) is 0 Å². The van der Waals surface area contributed by atoms with Crippen LogP contribution in [0.1, 0.15) is 6.92 Å². The van der Waals surface area contributed by atoms with E-state index in [2.05, 4.69) is 0 Å². The normalized spacial score (nSPS) is 28.0. The van der Waals surface area contributed by atoms with E-state index in [1.165, 1.54) is 0 Å². The van der Waals surface area contributed by atoms with Gasteiger partial charge in [-0.2, -0.15) is 0 Å². The van der Waals surface area contributed by atoms with Crippen LogP contribution in [0.3, 0.4) is 0 Å². The van der Waals surface area contributed by atoms with Crippen molar-refractivity contribution in [1.29, 1.82) is 0 Å². The van der Waals surface area contributed by atoms with Gasteiger partial charge in [-0.25, -0.2) is 0 Å². The van der Waals surface area contributed by atoms with E-state index in [9.17, 15) is 0 Å². The molecule has 1 heterocycles. The maximum absolute atomic E-state index is 5.17. The largest absolute Gasteiger partial charge is 0.370 e. The highest BCUT2D eigenvalue weighted by atomic mass is 16.7. The predicted octanol–water partition coefficient (Wildman–Crippen LogP) is 0.394. The fourth-order valence-corrected chi connectivity index (χ4v) is 0.609. The second kappa shape index (κ2) is 3.15. The first-order valence-electron chi connectivity index (χ1n) is 3.06. The van der Waals surface area contributed by atoms with Gasteiger partial charge in [0, 0.05) is 7.11 Å². The zero-order valence-corrected chi connectivity index (χ0v) is 5.79. The Morgan fingerprint density at radius 1 is 1.78 bits per heavy atom. The van der Waals surface area contributed by atoms with Gasteiger partial charge >= 0.3 is 0 Å². The number of hydrogen-bond acceptors (Lipinski definition) is 3. The first kappa shape index (κ1) is 6.99. The lowest BCUT2D eigenvalue weighted by Gasteiger charge is -2.07. The third-order valence-electron chi connectivity index (χ3n) is 1.33. The molecule has 3 nitrogen and oxygen atoms in total. The van der Waals surface area contributed by atoms with Crippen LogP contribution in [0, 0.1) is 0 Å². The van der Waals surface area contributed by atoms with Gasteiger partial charge < -0.3 is 14.2 Å². The number of ether oxygens (including phenoxy) is 3. The Bertz CT molecular complexity index is 80.4. The molecule has 1 aliphatic heterocycles. The third kappa shape index (κ3) is 2.30. The SMILES string of the molecule is COCOC(C)C1CO1. The highest BCUT2D eigenvalue weighted by molar-refractivity contribution is 4.75. The zero-order chi connectivity index (χ0) is 6.69. The summed E-state index contributed by atoms with van der Waals surface area (Å²) in [5.41, 5.74) is 0. The monoisotopic (exact) mass is 132 g/mol. The van der Waals surface area contributed by atoms with E-state index in [1.807, 2.05) is 6.92 Å². The van der Waals surface area contributed by atoms with Crippen LogP contribution in [0.5, 0.6) is 0 Å². The van der Waals surface area contributed by atoms with Gasteiger partial charge in [-0.15, -0.1) is 0 Å². The first-order chi connectivity index (χ1) is 4.34. The zero-order valence-electron chi connectivity index (χ0n) is 5.79. The van der Waals surface area contributed by atoms with Gasteiger partial charge in [-0.3, -0.25) is 0 Å².